The van der Waals surface area contributed by atoms with Gasteiger partial charge in [-0.25, -0.2) is 0 Å². The molecule has 0 spiro atoms. The van der Waals surface area contributed by atoms with Crippen molar-refractivity contribution >= 4 is 56.5 Å². The number of nitrogens with zero attached hydrogens (tertiary/aromatic N) is 1. The number of nitrogens with one attached hydrogen (secondary N) is 2. The fourth-order valence-electron chi connectivity index (χ4n) is 4.25. The molecule has 30 heavy (non-hydrogen) atoms. The van der Waals surface area contributed by atoms with Crippen LogP contribution in [0.4, 0.5) is 0 Å². The highest BCUT2D eigenvalue weighted by molar-refractivity contribution is 7.98. The lowest BCUT2D eigenvalue weighted by molar-refractivity contribution is -0.122. The van der Waals surface area contributed by atoms with Crippen LogP contribution in [0.3, 0.4) is 0 Å². The lowest BCUT2D eigenvalue weighted by Crippen LogP contribution is -2.22. The summed E-state index contributed by atoms with van der Waals surface area (Å²) in [6, 6.07) is 13.8. The standard InChI is InChI=1S/C23H20N4O2S/c1-30-18-8-4-6-14-16(12-27(10-9-24)21(14)18)20-19(22(28)26-23(20)29)15-11-25-17-7-3-2-5-13(15)17/h2-8,11-12,25H,9-10,24H2,1H3,(H,26,28,29). The number of para-hydroxylation sites is 2. The summed E-state index contributed by atoms with van der Waals surface area (Å²) in [5.74, 6) is -0.748. The maximum absolute atomic E-state index is 13.0. The first-order valence-corrected chi connectivity index (χ1v) is 10.9. The number of carbonyl (C=O) groups excluding carboxylic acids is 2. The third kappa shape index (κ3) is 2.70. The number of aromatic amines is 1. The van der Waals surface area contributed by atoms with Crippen LogP contribution < -0.4 is 11.1 Å². The van der Waals surface area contributed by atoms with Gasteiger partial charge >= 0.3 is 0 Å². The minimum atomic E-state index is -0.375. The summed E-state index contributed by atoms with van der Waals surface area (Å²) >= 11 is 1.65. The van der Waals surface area contributed by atoms with Crippen molar-refractivity contribution in [2.75, 3.05) is 12.8 Å². The molecular formula is C23H20N4O2S. The van der Waals surface area contributed by atoms with Crippen LogP contribution in [0, 0.1) is 0 Å². The molecule has 1 aliphatic rings. The van der Waals surface area contributed by atoms with Crippen molar-refractivity contribution < 1.29 is 9.59 Å². The first-order valence-electron chi connectivity index (χ1n) is 9.66. The summed E-state index contributed by atoms with van der Waals surface area (Å²) < 4.78 is 2.08. The van der Waals surface area contributed by atoms with Crippen molar-refractivity contribution in [1.29, 1.82) is 0 Å². The number of fused-ring (bicyclic) bond motifs is 2. The molecule has 0 atom stereocenters. The maximum Gasteiger partial charge on any atom is 0.259 e. The highest BCUT2D eigenvalue weighted by atomic mass is 32.2. The van der Waals surface area contributed by atoms with E-state index in [9.17, 15) is 9.59 Å². The summed E-state index contributed by atoms with van der Waals surface area (Å²) in [5.41, 5.74) is 10.1. The van der Waals surface area contributed by atoms with Gasteiger partial charge in [0, 0.05) is 57.8 Å². The summed E-state index contributed by atoms with van der Waals surface area (Å²) in [6.07, 6.45) is 5.76. The van der Waals surface area contributed by atoms with Crippen LogP contribution in [0.5, 0.6) is 0 Å². The molecule has 0 unspecified atom stereocenters. The van der Waals surface area contributed by atoms with E-state index >= 15 is 0 Å². The molecule has 0 saturated heterocycles. The van der Waals surface area contributed by atoms with Crippen LogP contribution in [0.25, 0.3) is 33.0 Å². The van der Waals surface area contributed by atoms with E-state index in [1.54, 1.807) is 18.0 Å². The van der Waals surface area contributed by atoms with Gasteiger partial charge in [0.2, 0.25) is 0 Å². The zero-order chi connectivity index (χ0) is 20.8. The Morgan fingerprint density at radius 1 is 0.967 bits per heavy atom. The van der Waals surface area contributed by atoms with Gasteiger partial charge < -0.3 is 15.3 Å². The first kappa shape index (κ1) is 18.7. The zero-order valence-electron chi connectivity index (χ0n) is 16.4. The Morgan fingerprint density at radius 3 is 2.47 bits per heavy atom. The Hall–Kier alpha value is -3.29. The van der Waals surface area contributed by atoms with E-state index in [0.717, 1.165) is 37.8 Å². The Morgan fingerprint density at radius 2 is 1.70 bits per heavy atom. The van der Waals surface area contributed by atoms with Crippen LogP contribution in [0.1, 0.15) is 11.1 Å². The second kappa shape index (κ2) is 7.19. The SMILES string of the molecule is CSc1cccc2c(C3=C(c4c[nH]c5ccccc45)C(=O)NC3=O)cn(CCN)c12. The van der Waals surface area contributed by atoms with Crippen molar-refractivity contribution in [3.05, 3.63) is 66.0 Å². The Bertz CT molecular complexity index is 1360. The molecule has 2 amide bonds. The van der Waals surface area contributed by atoms with E-state index in [1.165, 1.54) is 0 Å². The number of hydrogen-bond acceptors (Lipinski definition) is 4. The summed E-state index contributed by atoms with van der Waals surface area (Å²) in [7, 11) is 0. The number of thioether (sulfide) groups is 1. The smallest absolute Gasteiger partial charge is 0.259 e. The van der Waals surface area contributed by atoms with E-state index in [-0.39, 0.29) is 11.8 Å². The average molecular weight is 417 g/mol. The molecule has 7 heteroatoms. The Labute approximate surface area is 177 Å². The number of H-pyrrole nitrogens is 1. The van der Waals surface area contributed by atoms with E-state index < -0.39 is 0 Å². The number of hydrogen-bond donors (Lipinski definition) is 3. The molecule has 1 aliphatic heterocycles. The van der Waals surface area contributed by atoms with Gasteiger partial charge in [0.25, 0.3) is 11.8 Å². The second-order valence-electron chi connectivity index (χ2n) is 7.16. The highest BCUT2D eigenvalue weighted by Gasteiger charge is 2.35. The number of benzene rings is 2. The molecule has 4 aromatic rings. The molecule has 0 fully saturated rings. The summed E-state index contributed by atoms with van der Waals surface area (Å²) in [6.45, 7) is 1.10. The predicted molar refractivity (Wildman–Crippen MR) is 121 cm³/mol. The molecule has 150 valence electrons. The van der Waals surface area contributed by atoms with E-state index in [1.807, 2.05) is 48.9 Å². The van der Waals surface area contributed by atoms with E-state index in [4.69, 9.17) is 5.73 Å². The van der Waals surface area contributed by atoms with E-state index in [2.05, 4.69) is 20.9 Å². The predicted octanol–water partition coefficient (Wildman–Crippen LogP) is 3.37. The van der Waals surface area contributed by atoms with Gasteiger partial charge in [0.1, 0.15) is 0 Å². The van der Waals surface area contributed by atoms with Crippen LogP contribution in [0.2, 0.25) is 0 Å². The van der Waals surface area contributed by atoms with Crippen molar-refractivity contribution in [2.24, 2.45) is 5.73 Å². The summed E-state index contributed by atoms with van der Waals surface area (Å²) in [4.78, 5) is 30.1. The first-order chi connectivity index (χ1) is 14.6. The topological polar surface area (TPSA) is 92.9 Å². The monoisotopic (exact) mass is 416 g/mol. The number of aromatic nitrogens is 2. The lowest BCUT2D eigenvalue weighted by atomic mass is 9.95. The van der Waals surface area contributed by atoms with Gasteiger partial charge in [-0.2, -0.15) is 0 Å². The van der Waals surface area contributed by atoms with Crippen molar-refractivity contribution in [1.82, 2.24) is 14.9 Å². The van der Waals surface area contributed by atoms with Crippen LogP contribution in [0.15, 0.2) is 59.8 Å². The third-order valence-corrected chi connectivity index (χ3v) is 6.28. The Kier molecular flexibility index (Phi) is 4.49. The molecule has 3 heterocycles. The van der Waals surface area contributed by atoms with Crippen molar-refractivity contribution in [3.63, 3.8) is 0 Å². The van der Waals surface area contributed by atoms with Gasteiger partial charge in [-0.1, -0.05) is 30.3 Å². The average Bonchev–Trinajstić information content (AvgIpc) is 3.41. The van der Waals surface area contributed by atoms with Crippen LogP contribution in [-0.2, 0) is 16.1 Å². The molecule has 5 rings (SSSR count). The largest absolute Gasteiger partial charge is 0.361 e. The second-order valence-corrected chi connectivity index (χ2v) is 8.01. The molecule has 0 saturated carbocycles. The molecule has 2 aromatic carbocycles. The fraction of sp³-hybridized carbons (Fsp3) is 0.130. The number of nitrogens with two attached hydrogens (primary N) is 1. The Balaban J connectivity index is 1.84. The fourth-order valence-corrected chi connectivity index (χ4v) is 4.89. The van der Waals surface area contributed by atoms with Gasteiger partial charge in [0.05, 0.1) is 16.7 Å². The molecule has 6 nitrogen and oxygen atoms in total. The summed E-state index contributed by atoms with van der Waals surface area (Å²) in [5, 5.41) is 4.34. The molecule has 0 aliphatic carbocycles. The van der Waals surface area contributed by atoms with Crippen LogP contribution in [-0.4, -0.2) is 34.2 Å². The van der Waals surface area contributed by atoms with Gasteiger partial charge in [-0.15, -0.1) is 11.8 Å². The van der Waals surface area contributed by atoms with Crippen molar-refractivity contribution in [3.8, 4) is 0 Å². The number of amides is 2. The zero-order valence-corrected chi connectivity index (χ0v) is 17.2. The highest BCUT2D eigenvalue weighted by Crippen LogP contribution is 2.40. The normalized spacial score (nSPS) is 14.3. The third-order valence-electron chi connectivity index (χ3n) is 5.51. The number of carbonyl (C=O) groups is 2. The number of imide groups is 1. The molecule has 0 bridgehead atoms. The number of rotatable bonds is 5. The molecular weight excluding hydrogens is 396 g/mol. The molecule has 2 aromatic heterocycles. The lowest BCUT2D eigenvalue weighted by Gasteiger charge is -2.06. The maximum atomic E-state index is 13.0. The minimum absolute atomic E-state index is 0.373. The quantitative estimate of drug-likeness (QED) is 0.344. The van der Waals surface area contributed by atoms with Crippen LogP contribution >= 0.6 is 11.8 Å². The van der Waals surface area contributed by atoms with E-state index in [0.29, 0.717) is 24.2 Å². The minimum Gasteiger partial charge on any atom is -0.361 e. The van der Waals surface area contributed by atoms with Gasteiger partial charge in [-0.3, -0.25) is 14.9 Å². The molecule has 4 N–H and O–H groups in total. The molecule has 0 radical (unpaired) electrons. The van der Waals surface area contributed by atoms with Crippen molar-refractivity contribution in [2.45, 2.75) is 11.4 Å². The van der Waals surface area contributed by atoms with Gasteiger partial charge in [-0.05, 0) is 18.4 Å². The van der Waals surface area contributed by atoms with Gasteiger partial charge in [0.15, 0.2) is 0 Å².